The van der Waals surface area contributed by atoms with E-state index in [-0.39, 0.29) is 23.4 Å². The number of benzene rings is 1. The van der Waals surface area contributed by atoms with Crippen LogP contribution in [-0.2, 0) is 4.74 Å². The first-order valence-electron chi connectivity index (χ1n) is 7.61. The van der Waals surface area contributed by atoms with E-state index < -0.39 is 0 Å². The van der Waals surface area contributed by atoms with Gasteiger partial charge in [0.2, 0.25) is 0 Å². The largest absolute Gasteiger partial charge is 0.496 e. The standard InChI is InChI=1S/C17H26FNO2/c1-6-21-15-10-14(17(15,3)4)19-11(2)16-12(18)8-7-9-13(16)20-5/h7-9,11,14-15,19H,6,10H2,1-5H3. The van der Waals surface area contributed by atoms with Crippen LogP contribution in [0.25, 0.3) is 0 Å². The second-order valence-electron chi connectivity index (χ2n) is 6.30. The van der Waals surface area contributed by atoms with Gasteiger partial charge in [0.25, 0.3) is 0 Å². The van der Waals surface area contributed by atoms with Crippen molar-refractivity contribution in [2.75, 3.05) is 13.7 Å². The highest BCUT2D eigenvalue weighted by Gasteiger charge is 2.49. The van der Waals surface area contributed by atoms with Crippen LogP contribution >= 0.6 is 0 Å². The normalized spacial score (nSPS) is 25.2. The molecule has 0 aromatic heterocycles. The Morgan fingerprint density at radius 2 is 2.14 bits per heavy atom. The van der Waals surface area contributed by atoms with Gasteiger partial charge in [0.15, 0.2) is 0 Å². The Morgan fingerprint density at radius 3 is 2.71 bits per heavy atom. The molecule has 1 saturated carbocycles. The predicted octanol–water partition coefficient (Wildman–Crippen LogP) is 3.69. The highest BCUT2D eigenvalue weighted by atomic mass is 19.1. The van der Waals surface area contributed by atoms with E-state index in [0.717, 1.165) is 13.0 Å². The summed E-state index contributed by atoms with van der Waals surface area (Å²) in [4.78, 5) is 0. The molecule has 0 aliphatic heterocycles. The highest BCUT2D eigenvalue weighted by molar-refractivity contribution is 5.37. The van der Waals surface area contributed by atoms with Crippen LogP contribution in [0.5, 0.6) is 5.75 Å². The summed E-state index contributed by atoms with van der Waals surface area (Å²) in [7, 11) is 1.57. The average Bonchev–Trinajstić information content (AvgIpc) is 2.45. The van der Waals surface area contributed by atoms with Crippen molar-refractivity contribution in [3.05, 3.63) is 29.6 Å². The van der Waals surface area contributed by atoms with Gasteiger partial charge in [0.1, 0.15) is 11.6 Å². The molecule has 0 saturated heterocycles. The molecule has 3 atom stereocenters. The summed E-state index contributed by atoms with van der Waals surface area (Å²) in [5.74, 6) is 0.362. The summed E-state index contributed by atoms with van der Waals surface area (Å²) in [6, 6.07) is 5.15. The lowest BCUT2D eigenvalue weighted by molar-refractivity contribution is -0.116. The first kappa shape index (κ1) is 16.2. The molecule has 1 aromatic rings. The molecule has 1 fully saturated rings. The Kier molecular flexibility index (Phi) is 4.89. The third kappa shape index (κ3) is 3.06. The van der Waals surface area contributed by atoms with Crippen molar-refractivity contribution in [1.82, 2.24) is 5.32 Å². The third-order valence-corrected chi connectivity index (χ3v) is 4.66. The van der Waals surface area contributed by atoms with E-state index in [1.54, 1.807) is 19.2 Å². The van der Waals surface area contributed by atoms with Crippen LogP contribution < -0.4 is 10.1 Å². The summed E-state index contributed by atoms with van der Waals surface area (Å²) in [5, 5.41) is 3.53. The van der Waals surface area contributed by atoms with Gasteiger partial charge < -0.3 is 14.8 Å². The maximum atomic E-state index is 14.1. The fraction of sp³-hybridized carbons (Fsp3) is 0.647. The van der Waals surface area contributed by atoms with Crippen LogP contribution in [0.3, 0.4) is 0 Å². The van der Waals surface area contributed by atoms with E-state index in [1.165, 1.54) is 6.07 Å². The van der Waals surface area contributed by atoms with Gasteiger partial charge >= 0.3 is 0 Å². The minimum atomic E-state index is -0.229. The van der Waals surface area contributed by atoms with Crippen LogP contribution in [0.2, 0.25) is 0 Å². The van der Waals surface area contributed by atoms with E-state index >= 15 is 0 Å². The number of hydrogen-bond acceptors (Lipinski definition) is 3. The maximum Gasteiger partial charge on any atom is 0.131 e. The van der Waals surface area contributed by atoms with Gasteiger partial charge in [-0.15, -0.1) is 0 Å². The van der Waals surface area contributed by atoms with Gasteiger partial charge in [0.05, 0.1) is 13.2 Å². The number of ether oxygens (including phenoxy) is 2. The molecule has 3 unspecified atom stereocenters. The van der Waals surface area contributed by atoms with Crippen molar-refractivity contribution in [3.63, 3.8) is 0 Å². The van der Waals surface area contributed by atoms with Crippen LogP contribution in [-0.4, -0.2) is 25.9 Å². The van der Waals surface area contributed by atoms with Crippen molar-refractivity contribution in [2.24, 2.45) is 5.41 Å². The SMILES string of the molecule is CCOC1CC(NC(C)c2c(F)cccc2OC)C1(C)C. The van der Waals surface area contributed by atoms with Gasteiger partial charge in [-0.25, -0.2) is 4.39 Å². The minimum Gasteiger partial charge on any atom is -0.496 e. The molecular formula is C17H26FNO2. The molecule has 21 heavy (non-hydrogen) atoms. The molecule has 1 aromatic carbocycles. The van der Waals surface area contributed by atoms with E-state index in [0.29, 0.717) is 17.4 Å². The molecule has 3 nitrogen and oxygen atoms in total. The zero-order valence-electron chi connectivity index (χ0n) is 13.6. The Bertz CT molecular complexity index is 490. The summed E-state index contributed by atoms with van der Waals surface area (Å²) in [6.07, 6.45) is 1.23. The van der Waals surface area contributed by atoms with Gasteiger partial charge in [-0.05, 0) is 32.4 Å². The van der Waals surface area contributed by atoms with E-state index in [9.17, 15) is 4.39 Å². The molecule has 0 heterocycles. The summed E-state index contributed by atoms with van der Waals surface area (Å²) in [6.45, 7) is 9.12. The van der Waals surface area contributed by atoms with Crippen LogP contribution in [0, 0.1) is 11.2 Å². The molecule has 0 amide bonds. The van der Waals surface area contributed by atoms with Crippen LogP contribution in [0.1, 0.15) is 45.7 Å². The summed E-state index contributed by atoms with van der Waals surface area (Å²) >= 11 is 0. The molecule has 118 valence electrons. The van der Waals surface area contributed by atoms with Crippen molar-refractivity contribution < 1.29 is 13.9 Å². The van der Waals surface area contributed by atoms with Crippen LogP contribution in [0.4, 0.5) is 4.39 Å². The summed E-state index contributed by atoms with van der Waals surface area (Å²) < 4.78 is 25.1. The van der Waals surface area contributed by atoms with Gasteiger partial charge in [-0.1, -0.05) is 19.9 Å². The average molecular weight is 295 g/mol. The van der Waals surface area contributed by atoms with Crippen molar-refractivity contribution in [2.45, 2.75) is 52.3 Å². The first-order valence-corrected chi connectivity index (χ1v) is 7.61. The zero-order chi connectivity index (χ0) is 15.6. The molecule has 0 bridgehead atoms. The zero-order valence-corrected chi connectivity index (χ0v) is 13.6. The van der Waals surface area contributed by atoms with Crippen molar-refractivity contribution >= 4 is 0 Å². The topological polar surface area (TPSA) is 30.5 Å². The Balaban J connectivity index is 2.08. The van der Waals surface area contributed by atoms with Crippen molar-refractivity contribution in [1.29, 1.82) is 0 Å². The number of nitrogens with one attached hydrogen (secondary N) is 1. The fourth-order valence-electron chi connectivity index (χ4n) is 3.15. The smallest absolute Gasteiger partial charge is 0.131 e. The van der Waals surface area contributed by atoms with E-state index in [1.807, 2.05) is 13.8 Å². The lowest BCUT2D eigenvalue weighted by Gasteiger charge is -2.52. The third-order valence-electron chi connectivity index (χ3n) is 4.66. The number of rotatable bonds is 6. The molecule has 0 radical (unpaired) electrons. The quantitative estimate of drug-likeness (QED) is 0.868. The van der Waals surface area contributed by atoms with E-state index in [2.05, 4.69) is 19.2 Å². The van der Waals surface area contributed by atoms with Gasteiger partial charge in [0, 0.05) is 29.7 Å². The Hall–Kier alpha value is -1.13. The molecule has 1 N–H and O–H groups in total. The number of methoxy groups -OCH3 is 1. The minimum absolute atomic E-state index is 0.0583. The number of hydrogen-bond donors (Lipinski definition) is 1. The Morgan fingerprint density at radius 1 is 1.43 bits per heavy atom. The lowest BCUT2D eigenvalue weighted by Crippen LogP contribution is -2.61. The second-order valence-corrected chi connectivity index (χ2v) is 6.30. The molecule has 2 rings (SSSR count). The maximum absolute atomic E-state index is 14.1. The molecule has 0 spiro atoms. The highest BCUT2D eigenvalue weighted by Crippen LogP contribution is 2.44. The molecule has 1 aliphatic rings. The lowest BCUT2D eigenvalue weighted by atomic mass is 9.64. The summed E-state index contributed by atoms with van der Waals surface area (Å²) in [5.41, 5.74) is 0.651. The van der Waals surface area contributed by atoms with Gasteiger partial charge in [-0.2, -0.15) is 0 Å². The van der Waals surface area contributed by atoms with Crippen LogP contribution in [0.15, 0.2) is 18.2 Å². The van der Waals surface area contributed by atoms with Crippen molar-refractivity contribution in [3.8, 4) is 5.75 Å². The Labute approximate surface area is 126 Å². The first-order chi connectivity index (χ1) is 9.91. The molecular weight excluding hydrogens is 269 g/mol. The number of halogens is 1. The van der Waals surface area contributed by atoms with Gasteiger partial charge in [-0.3, -0.25) is 0 Å². The monoisotopic (exact) mass is 295 g/mol. The van der Waals surface area contributed by atoms with E-state index in [4.69, 9.17) is 9.47 Å². The fourth-order valence-corrected chi connectivity index (χ4v) is 3.15. The predicted molar refractivity (Wildman–Crippen MR) is 82.1 cm³/mol. The molecule has 4 heteroatoms. The second kappa shape index (κ2) is 6.32. The molecule has 1 aliphatic carbocycles.